The third-order valence-corrected chi connectivity index (χ3v) is 9.02. The molecule has 5 heteroatoms. The average molecular weight is 302 g/mol. The van der Waals surface area contributed by atoms with Crippen LogP contribution < -0.4 is 0 Å². The third-order valence-electron chi connectivity index (χ3n) is 4.66. The molecule has 0 aromatic heterocycles. The minimum absolute atomic E-state index is 0.0658. The van der Waals surface area contributed by atoms with Crippen LogP contribution in [0.2, 0.25) is 18.1 Å². The normalized spacial score (nSPS) is 23.6. The largest absolute Gasteiger partial charge is 0.466 e. The number of rotatable bonds is 6. The second kappa shape index (κ2) is 6.58. The molecule has 1 rings (SSSR count). The summed E-state index contributed by atoms with van der Waals surface area (Å²) in [6, 6.07) is 0.448. The molecule has 0 spiro atoms. The van der Waals surface area contributed by atoms with Crippen LogP contribution in [0.15, 0.2) is 0 Å². The molecule has 1 saturated carbocycles. The molecule has 1 aliphatic carbocycles. The molecule has 0 aliphatic heterocycles. The Kier molecular flexibility index (Phi) is 5.81. The zero-order valence-corrected chi connectivity index (χ0v) is 15.2. The fraction of sp³-hybridized carbons (Fsp3) is 0.933. The van der Waals surface area contributed by atoms with Crippen LogP contribution >= 0.6 is 0 Å². The number of carbonyl (C=O) groups excluding carboxylic acids is 1. The maximum Gasteiger partial charge on any atom is 0.306 e. The highest BCUT2D eigenvalue weighted by molar-refractivity contribution is 6.74. The Hall–Kier alpha value is -0.393. The number of ether oxygens (including phenoxy) is 1. The molecule has 0 bridgehead atoms. The Morgan fingerprint density at radius 2 is 1.85 bits per heavy atom. The molecule has 4 nitrogen and oxygen atoms in total. The minimum Gasteiger partial charge on any atom is -0.466 e. The highest BCUT2D eigenvalue weighted by Gasteiger charge is 2.42. The molecule has 0 atom stereocenters. The second-order valence-corrected chi connectivity index (χ2v) is 12.1. The van der Waals surface area contributed by atoms with Crippen molar-refractivity contribution in [3.8, 4) is 0 Å². The molecular formula is C15H31NO3Si. The summed E-state index contributed by atoms with van der Waals surface area (Å²) in [5.74, 6) is 0.397. The first-order valence-corrected chi connectivity index (χ1v) is 10.5. The molecule has 1 aliphatic rings. The Morgan fingerprint density at radius 3 is 2.30 bits per heavy atom. The van der Waals surface area contributed by atoms with E-state index in [0.717, 1.165) is 12.8 Å². The van der Waals surface area contributed by atoms with E-state index in [1.165, 1.54) is 0 Å². The van der Waals surface area contributed by atoms with Crippen LogP contribution in [0.25, 0.3) is 0 Å². The zero-order valence-electron chi connectivity index (χ0n) is 14.2. The maximum absolute atomic E-state index is 11.4. The number of hydrogen-bond acceptors (Lipinski definition) is 4. The Morgan fingerprint density at radius 1 is 1.30 bits per heavy atom. The number of hydrogen-bond donors (Lipinski definition) is 0. The fourth-order valence-corrected chi connectivity index (χ4v) is 3.33. The molecule has 0 unspecified atom stereocenters. The van der Waals surface area contributed by atoms with Crippen molar-refractivity contribution in [2.24, 2.45) is 5.92 Å². The van der Waals surface area contributed by atoms with Crippen molar-refractivity contribution in [3.63, 3.8) is 0 Å². The Balaban J connectivity index is 2.35. The summed E-state index contributed by atoms with van der Waals surface area (Å²) in [5, 5.41) is 2.26. The summed E-state index contributed by atoms with van der Waals surface area (Å²) >= 11 is 0. The lowest BCUT2D eigenvalue weighted by molar-refractivity contribution is -0.150. The van der Waals surface area contributed by atoms with Gasteiger partial charge < -0.3 is 9.26 Å². The lowest BCUT2D eigenvalue weighted by Crippen LogP contribution is -2.51. The number of hydroxylamine groups is 2. The van der Waals surface area contributed by atoms with Crippen LogP contribution in [0.5, 0.6) is 0 Å². The van der Waals surface area contributed by atoms with Gasteiger partial charge in [-0.15, -0.1) is 0 Å². The van der Waals surface area contributed by atoms with Gasteiger partial charge in [0.2, 0.25) is 8.32 Å². The van der Waals surface area contributed by atoms with Gasteiger partial charge in [0, 0.05) is 19.5 Å². The van der Waals surface area contributed by atoms with Gasteiger partial charge in [0.1, 0.15) is 0 Å². The van der Waals surface area contributed by atoms with E-state index in [2.05, 4.69) is 33.9 Å². The molecule has 20 heavy (non-hydrogen) atoms. The molecule has 0 saturated heterocycles. The first-order chi connectivity index (χ1) is 9.06. The molecule has 0 radical (unpaired) electrons. The van der Waals surface area contributed by atoms with Gasteiger partial charge in [-0.2, -0.15) is 0 Å². The van der Waals surface area contributed by atoms with Crippen LogP contribution in [-0.2, 0) is 14.1 Å². The van der Waals surface area contributed by atoms with Gasteiger partial charge in [-0.05, 0) is 43.8 Å². The molecule has 118 valence electrons. The first kappa shape index (κ1) is 17.7. The topological polar surface area (TPSA) is 38.8 Å². The van der Waals surface area contributed by atoms with E-state index in [-0.39, 0.29) is 11.0 Å². The lowest BCUT2D eigenvalue weighted by atomic mass is 9.78. The van der Waals surface area contributed by atoms with Crippen LogP contribution in [0.3, 0.4) is 0 Å². The molecule has 0 aromatic carbocycles. The highest BCUT2D eigenvalue weighted by Crippen LogP contribution is 2.40. The van der Waals surface area contributed by atoms with Crippen molar-refractivity contribution in [1.29, 1.82) is 0 Å². The van der Waals surface area contributed by atoms with E-state index in [1.54, 1.807) is 0 Å². The van der Waals surface area contributed by atoms with Crippen LogP contribution in [0, 0.1) is 5.92 Å². The molecule has 0 amide bonds. The van der Waals surface area contributed by atoms with Crippen LogP contribution in [-0.4, -0.2) is 39.0 Å². The van der Waals surface area contributed by atoms with Crippen molar-refractivity contribution >= 4 is 14.3 Å². The number of nitrogens with zero attached hydrogens (tertiary/aromatic N) is 1. The van der Waals surface area contributed by atoms with Gasteiger partial charge in [0.25, 0.3) is 0 Å². The van der Waals surface area contributed by atoms with Crippen molar-refractivity contribution in [2.75, 3.05) is 13.7 Å². The van der Waals surface area contributed by atoms with E-state index in [0.29, 0.717) is 25.0 Å². The van der Waals surface area contributed by atoms with Gasteiger partial charge in [0.05, 0.1) is 6.61 Å². The van der Waals surface area contributed by atoms with Gasteiger partial charge in [-0.3, -0.25) is 4.79 Å². The Bertz CT molecular complexity index is 333. The van der Waals surface area contributed by atoms with Crippen molar-refractivity contribution in [1.82, 2.24) is 5.06 Å². The van der Waals surface area contributed by atoms with E-state index in [4.69, 9.17) is 9.26 Å². The fourth-order valence-electron chi connectivity index (χ4n) is 2.19. The molecule has 1 fully saturated rings. The summed E-state index contributed by atoms with van der Waals surface area (Å²) in [5.41, 5.74) is 0. The second-order valence-electron chi connectivity index (χ2n) is 7.40. The first-order valence-electron chi connectivity index (χ1n) is 7.64. The summed E-state index contributed by atoms with van der Waals surface area (Å²) in [4.78, 5) is 11.4. The third kappa shape index (κ3) is 4.57. The molecule has 0 heterocycles. The van der Waals surface area contributed by atoms with Crippen LogP contribution in [0.4, 0.5) is 0 Å². The summed E-state index contributed by atoms with van der Waals surface area (Å²) < 4.78 is 11.3. The minimum atomic E-state index is -1.75. The summed E-state index contributed by atoms with van der Waals surface area (Å²) in [6.07, 6.45) is 2.62. The predicted molar refractivity (Wildman–Crippen MR) is 83.8 cm³/mol. The smallest absolute Gasteiger partial charge is 0.306 e. The SMILES string of the molecule is CCOC(=O)CC1CC(N(C)O[Si](C)(C)C(C)(C)C)C1. The quantitative estimate of drug-likeness (QED) is 0.427. The average Bonchev–Trinajstić information content (AvgIpc) is 2.20. The number of esters is 1. The van der Waals surface area contributed by atoms with E-state index in [9.17, 15) is 4.79 Å². The lowest BCUT2D eigenvalue weighted by Gasteiger charge is -2.46. The van der Waals surface area contributed by atoms with Gasteiger partial charge in [-0.1, -0.05) is 20.8 Å². The molecule has 0 aromatic rings. The monoisotopic (exact) mass is 301 g/mol. The summed E-state index contributed by atoms with van der Waals surface area (Å²) in [6.45, 7) is 13.6. The molecular weight excluding hydrogens is 270 g/mol. The predicted octanol–water partition coefficient (Wildman–Crippen LogP) is 3.59. The maximum atomic E-state index is 11.4. The van der Waals surface area contributed by atoms with Gasteiger partial charge >= 0.3 is 5.97 Å². The van der Waals surface area contributed by atoms with Crippen molar-refractivity contribution in [2.45, 2.75) is 71.1 Å². The van der Waals surface area contributed by atoms with E-state index < -0.39 is 8.32 Å². The Labute approximate surface area is 124 Å². The van der Waals surface area contributed by atoms with E-state index >= 15 is 0 Å². The van der Waals surface area contributed by atoms with Crippen molar-refractivity contribution < 1.29 is 14.1 Å². The highest BCUT2D eigenvalue weighted by atomic mass is 28.4. The van der Waals surface area contributed by atoms with Gasteiger partial charge in [0.15, 0.2) is 0 Å². The van der Waals surface area contributed by atoms with Gasteiger partial charge in [-0.25, -0.2) is 5.06 Å². The number of carbonyl (C=O) groups is 1. The van der Waals surface area contributed by atoms with Crippen molar-refractivity contribution in [3.05, 3.63) is 0 Å². The van der Waals surface area contributed by atoms with Crippen LogP contribution in [0.1, 0.15) is 47.0 Å². The summed E-state index contributed by atoms with van der Waals surface area (Å²) in [7, 11) is 0.288. The molecule has 0 N–H and O–H groups in total. The standard InChI is InChI=1S/C15H31NO3Si/c1-8-18-14(17)11-12-9-13(10-12)16(5)19-20(6,7)15(2,3)4/h12-13H,8-11H2,1-7H3. The zero-order chi connectivity index (χ0) is 15.6. The van der Waals surface area contributed by atoms with E-state index in [1.807, 2.05) is 19.0 Å².